The topological polar surface area (TPSA) is 75.6 Å². The summed E-state index contributed by atoms with van der Waals surface area (Å²) in [7, 11) is 0. The second-order valence-electron chi connectivity index (χ2n) is 3.96. The van der Waals surface area contributed by atoms with Crippen LogP contribution in [0.2, 0.25) is 0 Å². The normalized spacial score (nSPS) is 11.2. The molecule has 9 heteroatoms. The fourth-order valence-corrected chi connectivity index (χ4v) is 1.86. The summed E-state index contributed by atoms with van der Waals surface area (Å²) in [4.78, 5) is 22.6. The Morgan fingerprint density at radius 1 is 1.24 bits per heavy atom. The highest BCUT2D eigenvalue weighted by Gasteiger charge is 2.27. The van der Waals surface area contributed by atoms with Crippen LogP contribution in [0.25, 0.3) is 0 Å². The fraction of sp³-hybridized carbons (Fsp3) is 0.333. The summed E-state index contributed by atoms with van der Waals surface area (Å²) in [5, 5.41) is 11.2. The first-order valence-electron chi connectivity index (χ1n) is 5.65. The van der Waals surface area contributed by atoms with Gasteiger partial charge in [-0.1, -0.05) is 15.9 Å². The van der Waals surface area contributed by atoms with Crippen LogP contribution in [0.4, 0.5) is 13.2 Å². The lowest BCUT2D eigenvalue weighted by molar-refractivity contribution is -0.173. The largest absolute Gasteiger partial charge is 0.478 e. The lowest BCUT2D eigenvalue weighted by atomic mass is 10.1. The van der Waals surface area contributed by atoms with Gasteiger partial charge in [-0.05, 0) is 18.2 Å². The Bertz CT molecular complexity index is 534. The van der Waals surface area contributed by atoms with Gasteiger partial charge in [0.25, 0.3) is 5.91 Å². The molecule has 5 nitrogen and oxygen atoms in total. The number of halogens is 4. The van der Waals surface area contributed by atoms with Crippen molar-refractivity contribution in [2.24, 2.45) is 0 Å². The average Bonchev–Trinajstić information content (AvgIpc) is 2.35. The van der Waals surface area contributed by atoms with Gasteiger partial charge in [0.1, 0.15) is 6.61 Å². The van der Waals surface area contributed by atoms with Crippen molar-refractivity contribution in [2.45, 2.75) is 6.18 Å². The van der Waals surface area contributed by atoms with E-state index in [0.29, 0.717) is 4.47 Å². The SMILES string of the molecule is O=C(O)c1cc(Br)cc(C(=O)NCCOCC(F)(F)F)c1. The van der Waals surface area contributed by atoms with E-state index in [0.717, 1.165) is 0 Å². The third-order valence-electron chi connectivity index (χ3n) is 2.20. The molecule has 1 rings (SSSR count). The van der Waals surface area contributed by atoms with Crippen LogP contribution in [0.3, 0.4) is 0 Å². The van der Waals surface area contributed by atoms with Crippen molar-refractivity contribution in [1.82, 2.24) is 5.32 Å². The summed E-state index contributed by atoms with van der Waals surface area (Å²) in [6, 6.07) is 3.89. The number of rotatable bonds is 6. The Morgan fingerprint density at radius 3 is 2.43 bits per heavy atom. The van der Waals surface area contributed by atoms with Crippen LogP contribution in [0.5, 0.6) is 0 Å². The lowest BCUT2D eigenvalue weighted by Crippen LogP contribution is -2.29. The minimum absolute atomic E-state index is 0.0807. The van der Waals surface area contributed by atoms with Crippen LogP contribution >= 0.6 is 15.9 Å². The van der Waals surface area contributed by atoms with Gasteiger partial charge in [-0.25, -0.2) is 4.79 Å². The maximum atomic E-state index is 11.8. The number of hydrogen-bond donors (Lipinski definition) is 2. The highest BCUT2D eigenvalue weighted by atomic mass is 79.9. The van der Waals surface area contributed by atoms with Gasteiger partial charge in [0.15, 0.2) is 0 Å². The number of aromatic carboxylic acids is 1. The Morgan fingerprint density at radius 2 is 1.86 bits per heavy atom. The monoisotopic (exact) mass is 369 g/mol. The molecule has 21 heavy (non-hydrogen) atoms. The minimum Gasteiger partial charge on any atom is -0.478 e. The molecule has 0 aromatic heterocycles. The summed E-state index contributed by atoms with van der Waals surface area (Å²) in [6.07, 6.45) is -4.41. The maximum Gasteiger partial charge on any atom is 0.411 e. The van der Waals surface area contributed by atoms with Crippen molar-refractivity contribution in [2.75, 3.05) is 19.8 Å². The smallest absolute Gasteiger partial charge is 0.411 e. The molecule has 116 valence electrons. The second-order valence-corrected chi connectivity index (χ2v) is 4.87. The molecule has 0 bridgehead atoms. The van der Waals surface area contributed by atoms with Gasteiger partial charge in [0, 0.05) is 16.6 Å². The fourth-order valence-electron chi connectivity index (χ4n) is 1.37. The van der Waals surface area contributed by atoms with Crippen LogP contribution in [-0.4, -0.2) is 42.9 Å². The van der Waals surface area contributed by atoms with Gasteiger partial charge in [-0.2, -0.15) is 13.2 Å². The number of nitrogens with one attached hydrogen (secondary N) is 1. The zero-order valence-corrected chi connectivity index (χ0v) is 12.1. The lowest BCUT2D eigenvalue weighted by Gasteiger charge is -2.09. The Labute approximate surface area is 126 Å². The molecule has 0 saturated heterocycles. The first-order chi connectivity index (χ1) is 9.69. The van der Waals surface area contributed by atoms with Crippen molar-refractivity contribution in [3.05, 3.63) is 33.8 Å². The number of hydrogen-bond acceptors (Lipinski definition) is 3. The van der Waals surface area contributed by atoms with Crippen molar-refractivity contribution < 1.29 is 32.6 Å². The number of ether oxygens (including phenoxy) is 1. The molecule has 0 radical (unpaired) electrons. The first-order valence-corrected chi connectivity index (χ1v) is 6.45. The number of carboxylic acid groups (broad SMARTS) is 1. The number of benzene rings is 1. The van der Waals surface area contributed by atoms with E-state index in [1.807, 2.05) is 0 Å². The molecular formula is C12H11BrF3NO4. The van der Waals surface area contributed by atoms with Crippen molar-refractivity contribution in [3.8, 4) is 0 Å². The van der Waals surface area contributed by atoms with Crippen LogP contribution in [0.15, 0.2) is 22.7 Å². The molecule has 0 aliphatic heterocycles. The highest BCUT2D eigenvalue weighted by molar-refractivity contribution is 9.10. The van der Waals surface area contributed by atoms with Crippen LogP contribution in [-0.2, 0) is 4.74 Å². The van der Waals surface area contributed by atoms with Gasteiger partial charge in [-0.3, -0.25) is 4.79 Å². The molecular weight excluding hydrogens is 359 g/mol. The van der Waals surface area contributed by atoms with Crippen molar-refractivity contribution in [1.29, 1.82) is 0 Å². The molecule has 0 heterocycles. The van der Waals surface area contributed by atoms with Crippen LogP contribution in [0, 0.1) is 0 Å². The van der Waals surface area contributed by atoms with Crippen LogP contribution < -0.4 is 5.32 Å². The van der Waals surface area contributed by atoms with Gasteiger partial charge < -0.3 is 15.2 Å². The number of amides is 1. The zero-order chi connectivity index (χ0) is 16.0. The Balaban J connectivity index is 2.51. The summed E-state index contributed by atoms with van der Waals surface area (Å²) in [5.74, 6) is -1.80. The van der Waals surface area contributed by atoms with E-state index >= 15 is 0 Å². The van der Waals surface area contributed by atoms with Crippen molar-refractivity contribution in [3.63, 3.8) is 0 Å². The number of alkyl halides is 3. The summed E-state index contributed by atoms with van der Waals surface area (Å²) in [5.41, 5.74) is 0.000410. The van der Waals surface area contributed by atoms with E-state index in [1.165, 1.54) is 18.2 Å². The predicted octanol–water partition coefficient (Wildman–Crippen LogP) is 2.46. The standard InChI is InChI=1S/C12H11BrF3NO4/c13-9-4-7(3-8(5-9)11(19)20)10(18)17-1-2-21-6-12(14,15)16/h3-5H,1-2,6H2,(H,17,18)(H,19,20). The molecule has 1 amide bonds. The molecule has 0 atom stereocenters. The average molecular weight is 370 g/mol. The summed E-state index contributed by atoms with van der Waals surface area (Å²) in [6.45, 7) is -1.81. The van der Waals surface area contributed by atoms with Gasteiger partial charge in [-0.15, -0.1) is 0 Å². The van der Waals surface area contributed by atoms with E-state index in [-0.39, 0.29) is 24.3 Å². The number of carboxylic acids is 1. The second kappa shape index (κ2) is 7.41. The minimum atomic E-state index is -4.41. The van der Waals surface area contributed by atoms with Gasteiger partial charge in [0.2, 0.25) is 0 Å². The predicted molar refractivity (Wildman–Crippen MR) is 70.3 cm³/mol. The third kappa shape index (κ3) is 6.58. The van der Waals surface area contributed by atoms with E-state index < -0.39 is 24.7 Å². The van der Waals surface area contributed by atoms with Crippen LogP contribution in [0.1, 0.15) is 20.7 Å². The molecule has 1 aromatic rings. The van der Waals surface area contributed by atoms with E-state index in [2.05, 4.69) is 26.0 Å². The van der Waals surface area contributed by atoms with E-state index in [9.17, 15) is 22.8 Å². The van der Waals surface area contributed by atoms with Crippen molar-refractivity contribution >= 4 is 27.8 Å². The van der Waals surface area contributed by atoms with Gasteiger partial charge in [0.05, 0.1) is 12.2 Å². The molecule has 0 saturated carbocycles. The molecule has 0 aliphatic rings. The molecule has 2 N–H and O–H groups in total. The number of carbonyl (C=O) groups excluding carboxylic acids is 1. The maximum absolute atomic E-state index is 11.8. The molecule has 0 fully saturated rings. The molecule has 0 unspecified atom stereocenters. The molecule has 1 aromatic carbocycles. The summed E-state index contributed by atoms with van der Waals surface area (Å²) >= 11 is 3.07. The quantitative estimate of drug-likeness (QED) is 0.755. The first kappa shape index (κ1) is 17.4. The zero-order valence-electron chi connectivity index (χ0n) is 10.5. The Kier molecular flexibility index (Phi) is 6.16. The number of carbonyl (C=O) groups is 2. The third-order valence-corrected chi connectivity index (χ3v) is 2.66. The van der Waals surface area contributed by atoms with E-state index in [1.54, 1.807) is 0 Å². The van der Waals surface area contributed by atoms with E-state index in [4.69, 9.17) is 5.11 Å². The highest BCUT2D eigenvalue weighted by Crippen LogP contribution is 2.16. The molecule has 0 spiro atoms. The van der Waals surface area contributed by atoms with Gasteiger partial charge >= 0.3 is 12.1 Å². The Hall–Kier alpha value is -1.61. The molecule has 0 aliphatic carbocycles. The summed E-state index contributed by atoms with van der Waals surface area (Å²) < 4.78 is 40.1.